The van der Waals surface area contributed by atoms with Gasteiger partial charge in [0.25, 0.3) is 0 Å². The molecular weight excluding hydrogens is 574 g/mol. The molecule has 4 heterocycles. The normalized spacial score (nSPS) is 28.6. The van der Waals surface area contributed by atoms with Crippen molar-refractivity contribution in [3.05, 3.63) is 84.5 Å². The quantitative estimate of drug-likeness (QED) is 0.424. The average molecular weight is 616 g/mol. The highest BCUT2D eigenvalue weighted by Gasteiger charge is 2.71. The van der Waals surface area contributed by atoms with Crippen molar-refractivity contribution in [3.8, 4) is 5.75 Å². The Hall–Kier alpha value is -3.56. The van der Waals surface area contributed by atoms with E-state index in [0.717, 1.165) is 17.0 Å². The maximum atomic E-state index is 14.7. The van der Waals surface area contributed by atoms with Crippen LogP contribution in [0.2, 0.25) is 0 Å². The number of carbonyl (C=O) groups is 3. The molecule has 232 valence electrons. The first-order chi connectivity index (χ1) is 21.3. The topological polar surface area (TPSA) is 90.4 Å². The summed E-state index contributed by atoms with van der Waals surface area (Å²) < 4.78 is 4.67. The van der Waals surface area contributed by atoms with E-state index in [-0.39, 0.29) is 35.5 Å². The Balaban J connectivity index is 1.40. The largest absolute Gasteiger partial charge is 0.494 e. The Labute approximate surface area is 263 Å². The van der Waals surface area contributed by atoms with Crippen molar-refractivity contribution >= 4 is 35.2 Å². The first-order valence-electron chi connectivity index (χ1n) is 15.6. The lowest BCUT2D eigenvalue weighted by atomic mass is 9.78. The lowest BCUT2D eigenvalue weighted by Crippen LogP contribution is -2.56. The summed E-state index contributed by atoms with van der Waals surface area (Å²) in [5.74, 6) is -0.934. The molecule has 0 aromatic heterocycles. The fourth-order valence-electron chi connectivity index (χ4n) is 7.40. The molecule has 1 spiro atoms. The van der Waals surface area contributed by atoms with Gasteiger partial charge in [0, 0.05) is 30.6 Å². The SMILES string of the molecule is CCOc1ccc(N2CC=C[C@H]3S[C@]45C=CCN(Cc6ccccc6)C(=O)C4N([C@@H](CO)CC(C)C)C(=O)[C@@H]5[C@H]3C2=O)cc1. The van der Waals surface area contributed by atoms with Gasteiger partial charge in [-0.15, -0.1) is 11.8 Å². The highest BCUT2D eigenvalue weighted by atomic mass is 32.2. The molecule has 9 heteroatoms. The first kappa shape index (κ1) is 30.5. The van der Waals surface area contributed by atoms with Crippen LogP contribution >= 0.6 is 11.8 Å². The van der Waals surface area contributed by atoms with Crippen LogP contribution in [-0.2, 0) is 20.9 Å². The van der Waals surface area contributed by atoms with Gasteiger partial charge in [-0.3, -0.25) is 14.4 Å². The van der Waals surface area contributed by atoms with Crippen LogP contribution in [-0.4, -0.2) is 81.0 Å². The number of thioether (sulfide) groups is 1. The van der Waals surface area contributed by atoms with Gasteiger partial charge in [0.2, 0.25) is 17.7 Å². The monoisotopic (exact) mass is 615 g/mol. The van der Waals surface area contributed by atoms with E-state index < -0.39 is 28.7 Å². The first-order valence-corrected chi connectivity index (χ1v) is 16.5. The second kappa shape index (κ2) is 12.4. The summed E-state index contributed by atoms with van der Waals surface area (Å²) in [5, 5.41) is 10.3. The molecule has 1 unspecified atom stereocenters. The van der Waals surface area contributed by atoms with Gasteiger partial charge in [0.05, 0.1) is 35.8 Å². The van der Waals surface area contributed by atoms with E-state index in [0.29, 0.717) is 32.7 Å². The highest BCUT2D eigenvalue weighted by molar-refractivity contribution is 8.02. The summed E-state index contributed by atoms with van der Waals surface area (Å²) in [4.78, 5) is 49.0. The van der Waals surface area contributed by atoms with Gasteiger partial charge < -0.3 is 24.5 Å². The van der Waals surface area contributed by atoms with E-state index in [4.69, 9.17) is 4.74 Å². The number of benzene rings is 2. The number of aliphatic hydroxyl groups excluding tert-OH is 1. The summed E-state index contributed by atoms with van der Waals surface area (Å²) in [6.45, 7) is 7.56. The molecule has 0 radical (unpaired) electrons. The molecule has 3 amide bonds. The number of fused-ring (bicyclic) bond motifs is 2. The van der Waals surface area contributed by atoms with Gasteiger partial charge in [0.1, 0.15) is 11.8 Å². The molecule has 2 aromatic carbocycles. The Morgan fingerprint density at radius 2 is 1.73 bits per heavy atom. The number of rotatable bonds is 9. The second-order valence-electron chi connectivity index (χ2n) is 12.5. The standard InChI is InChI=1S/C35H41N3O5S/c1-4-43-27-15-13-25(14-16-27)37-19-8-12-28-29(32(37)40)30-33(41)38(26(22-39)20-23(2)3)31-34(42)36(18-9-17-35(30,31)44-28)21-24-10-6-5-7-11-24/h5-17,23,26,28-31,39H,4,18-22H2,1-3H3/t26-,28-,29+,30+,31?,35+/m1/s1. The molecule has 0 aliphatic carbocycles. The molecule has 2 fully saturated rings. The van der Waals surface area contributed by atoms with Crippen molar-refractivity contribution < 1.29 is 24.2 Å². The third-order valence-corrected chi connectivity index (χ3v) is 10.9. The minimum Gasteiger partial charge on any atom is -0.494 e. The van der Waals surface area contributed by atoms with Gasteiger partial charge in [-0.1, -0.05) is 68.5 Å². The molecule has 6 rings (SSSR count). The minimum atomic E-state index is -0.929. The zero-order valence-electron chi connectivity index (χ0n) is 25.5. The molecule has 2 saturated heterocycles. The molecule has 8 nitrogen and oxygen atoms in total. The molecule has 0 saturated carbocycles. The molecule has 4 aliphatic heterocycles. The molecule has 4 aliphatic rings. The predicted molar refractivity (Wildman–Crippen MR) is 172 cm³/mol. The maximum Gasteiger partial charge on any atom is 0.247 e. The number of aliphatic hydroxyl groups is 1. The lowest BCUT2D eigenvalue weighted by Gasteiger charge is -2.39. The third-order valence-electron chi connectivity index (χ3n) is 9.20. The minimum absolute atomic E-state index is 0.122. The molecule has 0 bridgehead atoms. The predicted octanol–water partition coefficient (Wildman–Crippen LogP) is 4.29. The molecule has 1 N–H and O–H groups in total. The number of amides is 3. The Kier molecular flexibility index (Phi) is 8.61. The van der Waals surface area contributed by atoms with E-state index >= 15 is 0 Å². The summed E-state index contributed by atoms with van der Waals surface area (Å²) in [6.07, 6.45) is 8.64. The van der Waals surface area contributed by atoms with Crippen molar-refractivity contribution in [3.63, 3.8) is 0 Å². The lowest BCUT2D eigenvalue weighted by molar-refractivity contribution is -0.146. The summed E-state index contributed by atoms with van der Waals surface area (Å²) in [5.41, 5.74) is 1.75. The maximum absolute atomic E-state index is 14.7. The van der Waals surface area contributed by atoms with Gasteiger partial charge in [-0.05, 0) is 49.1 Å². The van der Waals surface area contributed by atoms with Crippen LogP contribution in [0, 0.1) is 17.8 Å². The Morgan fingerprint density at radius 1 is 0.977 bits per heavy atom. The van der Waals surface area contributed by atoms with Gasteiger partial charge in [0.15, 0.2) is 0 Å². The Morgan fingerprint density at radius 3 is 2.41 bits per heavy atom. The summed E-state index contributed by atoms with van der Waals surface area (Å²) >= 11 is 1.57. The summed E-state index contributed by atoms with van der Waals surface area (Å²) in [7, 11) is 0. The van der Waals surface area contributed by atoms with Gasteiger partial charge >= 0.3 is 0 Å². The zero-order chi connectivity index (χ0) is 31.0. The Bertz CT molecular complexity index is 1440. The van der Waals surface area contributed by atoms with Crippen LogP contribution in [0.4, 0.5) is 5.69 Å². The molecule has 2 aromatic rings. The fourth-order valence-corrected chi connectivity index (χ4v) is 9.40. The second-order valence-corrected chi connectivity index (χ2v) is 14.0. The zero-order valence-corrected chi connectivity index (χ0v) is 26.4. The van der Waals surface area contributed by atoms with Crippen LogP contribution in [0.25, 0.3) is 0 Å². The van der Waals surface area contributed by atoms with Crippen LogP contribution in [0.15, 0.2) is 78.9 Å². The average Bonchev–Trinajstić information content (AvgIpc) is 3.34. The number of anilines is 1. The molecular formula is C35H41N3O5S. The fraction of sp³-hybridized carbons (Fsp3) is 0.457. The van der Waals surface area contributed by atoms with Crippen molar-refractivity contribution in [1.82, 2.24) is 9.80 Å². The van der Waals surface area contributed by atoms with Crippen molar-refractivity contribution in [2.24, 2.45) is 17.8 Å². The number of hydrogen-bond donors (Lipinski definition) is 1. The van der Waals surface area contributed by atoms with Crippen molar-refractivity contribution in [1.29, 1.82) is 0 Å². The van der Waals surface area contributed by atoms with Crippen LogP contribution < -0.4 is 9.64 Å². The number of hydrogen-bond acceptors (Lipinski definition) is 6. The highest BCUT2D eigenvalue weighted by Crippen LogP contribution is 2.61. The molecule has 6 atom stereocenters. The van der Waals surface area contributed by atoms with E-state index in [9.17, 15) is 19.5 Å². The van der Waals surface area contributed by atoms with E-state index in [1.54, 1.807) is 26.5 Å². The van der Waals surface area contributed by atoms with E-state index in [2.05, 4.69) is 13.8 Å². The third kappa shape index (κ3) is 5.24. The van der Waals surface area contributed by atoms with E-state index in [1.807, 2.05) is 85.8 Å². The van der Waals surface area contributed by atoms with Gasteiger partial charge in [-0.25, -0.2) is 0 Å². The number of carbonyl (C=O) groups excluding carboxylic acids is 3. The smallest absolute Gasteiger partial charge is 0.247 e. The van der Waals surface area contributed by atoms with Gasteiger partial charge in [-0.2, -0.15) is 0 Å². The van der Waals surface area contributed by atoms with Crippen LogP contribution in [0.3, 0.4) is 0 Å². The van der Waals surface area contributed by atoms with Crippen molar-refractivity contribution in [2.45, 2.75) is 55.8 Å². The van der Waals surface area contributed by atoms with Crippen molar-refractivity contribution in [2.75, 3.05) is 31.2 Å². The molecule has 44 heavy (non-hydrogen) atoms. The number of ether oxygens (including phenoxy) is 1. The summed E-state index contributed by atoms with van der Waals surface area (Å²) in [6, 6.07) is 16.0. The number of nitrogens with zero attached hydrogens (tertiary/aromatic N) is 3. The van der Waals surface area contributed by atoms with E-state index in [1.165, 1.54) is 0 Å². The number of likely N-dealkylation sites (tertiary alicyclic amines) is 1. The van der Waals surface area contributed by atoms with Crippen LogP contribution in [0.5, 0.6) is 5.75 Å². The van der Waals surface area contributed by atoms with Crippen LogP contribution in [0.1, 0.15) is 32.8 Å².